The molecule has 5 nitrogen and oxygen atoms in total. The second kappa shape index (κ2) is 7.24. The molecule has 1 aromatic heterocycles. The van der Waals surface area contributed by atoms with Gasteiger partial charge in [0.15, 0.2) is 0 Å². The molecule has 5 heteroatoms. The number of aliphatic hydroxyl groups is 1. The van der Waals surface area contributed by atoms with Crippen LogP contribution in [0.4, 0.5) is 5.82 Å². The highest BCUT2D eigenvalue weighted by atomic mass is 16.3. The van der Waals surface area contributed by atoms with Crippen LogP contribution in [-0.2, 0) is 0 Å². The van der Waals surface area contributed by atoms with Crippen LogP contribution in [0.1, 0.15) is 43.0 Å². The first-order valence-corrected chi connectivity index (χ1v) is 7.38. The summed E-state index contributed by atoms with van der Waals surface area (Å²) >= 11 is 0. The molecule has 2 N–H and O–H groups in total. The summed E-state index contributed by atoms with van der Waals surface area (Å²) in [5, 5.41) is 12.5. The number of rotatable bonds is 6. The van der Waals surface area contributed by atoms with E-state index in [4.69, 9.17) is 0 Å². The van der Waals surface area contributed by atoms with Crippen LogP contribution >= 0.6 is 0 Å². The first-order valence-electron chi connectivity index (χ1n) is 7.38. The van der Waals surface area contributed by atoms with Crippen LogP contribution in [0.15, 0.2) is 18.3 Å². The van der Waals surface area contributed by atoms with E-state index in [0.29, 0.717) is 18.5 Å². The van der Waals surface area contributed by atoms with Gasteiger partial charge in [-0.3, -0.25) is 4.79 Å². The molecule has 2 rings (SSSR count). The zero-order valence-corrected chi connectivity index (χ0v) is 12.0. The van der Waals surface area contributed by atoms with Gasteiger partial charge in [0.2, 0.25) is 0 Å². The van der Waals surface area contributed by atoms with E-state index in [1.54, 1.807) is 18.3 Å². The van der Waals surface area contributed by atoms with E-state index >= 15 is 0 Å². The monoisotopic (exact) mass is 277 g/mol. The third-order valence-electron chi connectivity index (χ3n) is 3.56. The Kier molecular flexibility index (Phi) is 5.35. The topological polar surface area (TPSA) is 65.5 Å². The average molecular weight is 277 g/mol. The zero-order valence-electron chi connectivity index (χ0n) is 12.0. The molecule has 110 valence electrons. The lowest BCUT2D eigenvalue weighted by molar-refractivity contribution is 0.0910. The maximum Gasteiger partial charge on any atom is 0.255 e. The number of hydrogen-bond donors (Lipinski definition) is 2. The number of carbonyl (C=O) groups is 1. The molecule has 20 heavy (non-hydrogen) atoms. The Hall–Kier alpha value is -1.62. The molecule has 1 saturated heterocycles. The molecule has 1 atom stereocenters. The van der Waals surface area contributed by atoms with Crippen molar-refractivity contribution in [3.63, 3.8) is 0 Å². The summed E-state index contributed by atoms with van der Waals surface area (Å²) in [6.07, 6.45) is 5.14. The molecule has 2 heterocycles. The van der Waals surface area contributed by atoms with Crippen molar-refractivity contribution in [3.8, 4) is 0 Å². The molecule has 0 aromatic carbocycles. The predicted molar refractivity (Wildman–Crippen MR) is 78.9 cm³/mol. The first-order chi connectivity index (χ1) is 9.72. The third-order valence-corrected chi connectivity index (χ3v) is 3.56. The van der Waals surface area contributed by atoms with Crippen LogP contribution < -0.4 is 10.2 Å². The Balaban J connectivity index is 2.02. The fourth-order valence-corrected chi connectivity index (χ4v) is 2.50. The van der Waals surface area contributed by atoms with Crippen LogP contribution in [0.25, 0.3) is 0 Å². The quantitative estimate of drug-likeness (QED) is 0.828. The van der Waals surface area contributed by atoms with Gasteiger partial charge in [-0.1, -0.05) is 13.3 Å². The number of nitrogens with zero attached hydrogens (tertiary/aromatic N) is 2. The maximum absolute atomic E-state index is 12.2. The summed E-state index contributed by atoms with van der Waals surface area (Å²) in [6, 6.07) is 3.57. The van der Waals surface area contributed by atoms with Crippen molar-refractivity contribution in [1.29, 1.82) is 0 Å². The van der Waals surface area contributed by atoms with Gasteiger partial charge in [0.05, 0.1) is 11.7 Å². The Morgan fingerprint density at radius 2 is 2.25 bits per heavy atom. The Morgan fingerprint density at radius 3 is 2.95 bits per heavy atom. The number of anilines is 1. The predicted octanol–water partition coefficient (Wildman–Crippen LogP) is 1.57. The minimum Gasteiger partial charge on any atom is -0.391 e. The zero-order chi connectivity index (χ0) is 14.4. The Bertz CT molecular complexity index is 444. The van der Waals surface area contributed by atoms with Crippen LogP contribution in [-0.4, -0.2) is 41.7 Å². The van der Waals surface area contributed by atoms with Crippen molar-refractivity contribution in [1.82, 2.24) is 10.3 Å². The second-order valence-corrected chi connectivity index (χ2v) is 5.22. The number of hydrogen-bond acceptors (Lipinski definition) is 4. The Labute approximate surface area is 120 Å². The number of carbonyl (C=O) groups excluding carboxylic acids is 1. The molecule has 0 aliphatic carbocycles. The molecule has 0 bridgehead atoms. The molecule has 0 radical (unpaired) electrons. The summed E-state index contributed by atoms with van der Waals surface area (Å²) in [5.41, 5.74) is 0.595. The van der Waals surface area contributed by atoms with Crippen LogP contribution in [0, 0.1) is 0 Å². The smallest absolute Gasteiger partial charge is 0.255 e. The highest BCUT2D eigenvalue weighted by molar-refractivity contribution is 5.98. The minimum absolute atomic E-state index is 0.157. The molecule has 0 saturated carbocycles. The van der Waals surface area contributed by atoms with E-state index in [1.165, 1.54) is 0 Å². The van der Waals surface area contributed by atoms with Gasteiger partial charge < -0.3 is 15.3 Å². The number of amides is 1. The Morgan fingerprint density at radius 1 is 1.50 bits per heavy atom. The van der Waals surface area contributed by atoms with Gasteiger partial charge in [-0.2, -0.15) is 0 Å². The van der Waals surface area contributed by atoms with E-state index in [2.05, 4.69) is 15.2 Å². The summed E-state index contributed by atoms with van der Waals surface area (Å²) < 4.78 is 0. The maximum atomic E-state index is 12.2. The van der Waals surface area contributed by atoms with E-state index in [1.807, 2.05) is 6.92 Å². The van der Waals surface area contributed by atoms with Crippen molar-refractivity contribution in [2.45, 2.75) is 38.7 Å². The van der Waals surface area contributed by atoms with Crippen LogP contribution in [0.3, 0.4) is 0 Å². The molecule has 1 aliphatic heterocycles. The molecule has 1 unspecified atom stereocenters. The summed E-state index contributed by atoms with van der Waals surface area (Å²) in [5.74, 6) is 0.600. The largest absolute Gasteiger partial charge is 0.391 e. The standard InChI is InChI=1S/C15H23N3O2/c1-2-6-12(19)11-17-15(20)13-7-5-8-16-14(13)18-9-3-4-10-18/h5,7-8,12,19H,2-4,6,9-11H2,1H3,(H,17,20). The van der Waals surface area contributed by atoms with E-state index < -0.39 is 6.10 Å². The lowest BCUT2D eigenvalue weighted by atomic mass is 10.2. The number of pyridine rings is 1. The molecule has 1 aromatic rings. The number of aromatic nitrogens is 1. The van der Waals surface area contributed by atoms with Gasteiger partial charge in [0.1, 0.15) is 5.82 Å². The van der Waals surface area contributed by atoms with Gasteiger partial charge in [0, 0.05) is 25.8 Å². The van der Waals surface area contributed by atoms with Gasteiger partial charge in [-0.25, -0.2) is 4.98 Å². The highest BCUT2D eigenvalue weighted by Gasteiger charge is 2.20. The molecule has 1 amide bonds. The lowest BCUT2D eigenvalue weighted by Gasteiger charge is -2.19. The van der Waals surface area contributed by atoms with Crippen molar-refractivity contribution < 1.29 is 9.90 Å². The van der Waals surface area contributed by atoms with Gasteiger partial charge >= 0.3 is 0 Å². The van der Waals surface area contributed by atoms with Gasteiger partial charge in [0.25, 0.3) is 5.91 Å². The summed E-state index contributed by atoms with van der Waals surface area (Å²) in [7, 11) is 0. The average Bonchev–Trinajstić information content (AvgIpc) is 2.99. The van der Waals surface area contributed by atoms with Gasteiger partial charge in [-0.15, -0.1) is 0 Å². The van der Waals surface area contributed by atoms with Crippen molar-refractivity contribution in [2.75, 3.05) is 24.5 Å². The second-order valence-electron chi connectivity index (χ2n) is 5.22. The summed E-state index contributed by atoms with van der Waals surface area (Å²) in [4.78, 5) is 18.7. The molecule has 1 fully saturated rings. The third kappa shape index (κ3) is 3.70. The lowest BCUT2D eigenvalue weighted by Crippen LogP contribution is -2.33. The van der Waals surface area contributed by atoms with E-state index in [0.717, 1.165) is 38.2 Å². The van der Waals surface area contributed by atoms with Crippen molar-refractivity contribution >= 4 is 11.7 Å². The summed E-state index contributed by atoms with van der Waals surface area (Å²) in [6.45, 7) is 4.21. The fraction of sp³-hybridized carbons (Fsp3) is 0.600. The van der Waals surface area contributed by atoms with E-state index in [9.17, 15) is 9.90 Å². The van der Waals surface area contributed by atoms with Gasteiger partial charge in [-0.05, 0) is 31.4 Å². The van der Waals surface area contributed by atoms with Crippen molar-refractivity contribution in [2.24, 2.45) is 0 Å². The first kappa shape index (κ1) is 14.8. The number of aliphatic hydroxyl groups excluding tert-OH is 1. The number of nitrogens with one attached hydrogen (secondary N) is 1. The molecular formula is C15H23N3O2. The minimum atomic E-state index is -0.476. The van der Waals surface area contributed by atoms with Crippen molar-refractivity contribution in [3.05, 3.63) is 23.9 Å². The fourth-order valence-electron chi connectivity index (χ4n) is 2.50. The van der Waals surface area contributed by atoms with Crippen LogP contribution in [0.2, 0.25) is 0 Å². The van der Waals surface area contributed by atoms with Crippen LogP contribution in [0.5, 0.6) is 0 Å². The molecule has 0 spiro atoms. The molecule has 1 aliphatic rings. The SMILES string of the molecule is CCCC(O)CNC(=O)c1cccnc1N1CCCC1. The normalized spacial score (nSPS) is 16.2. The van der Waals surface area contributed by atoms with E-state index in [-0.39, 0.29) is 5.91 Å². The highest BCUT2D eigenvalue weighted by Crippen LogP contribution is 2.21. The molecular weight excluding hydrogens is 254 g/mol.